The van der Waals surface area contributed by atoms with Crippen molar-refractivity contribution < 1.29 is 5.11 Å². The van der Waals surface area contributed by atoms with Crippen LogP contribution < -0.4 is 26.6 Å². The van der Waals surface area contributed by atoms with Crippen LogP contribution in [0, 0.1) is 20.8 Å². The zero-order valence-corrected chi connectivity index (χ0v) is 24.9. The largest absolute Gasteiger partial charge is 0.390 e. The second-order valence-electron chi connectivity index (χ2n) is 11.4. The molecule has 13 nitrogen and oxygen atoms in total. The molecule has 2 saturated heterocycles. The minimum absolute atomic E-state index is 0.137. The number of aliphatic hydroxyl groups is 1. The van der Waals surface area contributed by atoms with Crippen LogP contribution >= 0.6 is 0 Å². The van der Waals surface area contributed by atoms with Crippen molar-refractivity contribution >= 4 is 45.6 Å². The number of fused-ring (bicyclic) bond motifs is 2. The molecule has 2 aliphatic rings. The van der Waals surface area contributed by atoms with Crippen LogP contribution in [0.1, 0.15) is 28.9 Å². The van der Waals surface area contributed by atoms with Gasteiger partial charge in [0.05, 0.1) is 22.9 Å². The molecule has 222 valence electrons. The fraction of sp³-hybridized carbons (Fsp3) is 0.517. The topological polar surface area (TPSA) is 161 Å². The summed E-state index contributed by atoms with van der Waals surface area (Å²) >= 11 is 0. The highest BCUT2D eigenvalue weighted by Gasteiger charge is 2.27. The minimum atomic E-state index is -0.481. The smallest absolute Gasteiger partial charge is 0.227 e. The van der Waals surface area contributed by atoms with Crippen molar-refractivity contribution in [1.29, 1.82) is 0 Å². The standard InChI is InChI=1S/C29H40N12O/c1-15-10-17(3)33-26-22(15)24(30-4)37-28(39-26)35-19-7-9-41(14-19)8-6-18-11-16(2)23-25(31-5)38-29(40-27(23)34-18)36-20-12-32-13-21(20)42/h10-11,19-21,32,42H,6-9,12-14H2,1-5H3,(H2,30,33,35,37,39)(H2,31,34,36,38,40). The maximum Gasteiger partial charge on any atom is 0.227 e. The number of rotatable bonds is 9. The first-order valence-corrected chi connectivity index (χ1v) is 14.6. The number of likely N-dealkylation sites (tertiary alicyclic amines) is 1. The summed E-state index contributed by atoms with van der Waals surface area (Å²) in [6.45, 7) is 10.1. The number of hydrogen-bond acceptors (Lipinski definition) is 13. The van der Waals surface area contributed by atoms with Gasteiger partial charge in [0.25, 0.3) is 0 Å². The first kappa shape index (κ1) is 28.2. The van der Waals surface area contributed by atoms with Crippen LogP contribution in [0.25, 0.3) is 22.1 Å². The highest BCUT2D eigenvalue weighted by molar-refractivity contribution is 5.91. The van der Waals surface area contributed by atoms with Gasteiger partial charge in [-0.25, -0.2) is 9.97 Å². The predicted molar refractivity (Wildman–Crippen MR) is 166 cm³/mol. The van der Waals surface area contributed by atoms with E-state index in [0.717, 1.165) is 77.4 Å². The molecular formula is C29H40N12O. The van der Waals surface area contributed by atoms with Gasteiger partial charge in [0.2, 0.25) is 11.9 Å². The fourth-order valence-corrected chi connectivity index (χ4v) is 6.07. The van der Waals surface area contributed by atoms with Gasteiger partial charge < -0.3 is 36.6 Å². The van der Waals surface area contributed by atoms with Crippen molar-refractivity contribution in [2.24, 2.45) is 0 Å². The number of β-amino-alcohol motifs (C(OH)–C–C–N with tert-alkyl or cyclic N) is 1. The van der Waals surface area contributed by atoms with Crippen LogP contribution in [0.5, 0.6) is 0 Å². The van der Waals surface area contributed by atoms with E-state index in [0.29, 0.717) is 36.3 Å². The third-order valence-corrected chi connectivity index (χ3v) is 8.17. The second-order valence-corrected chi connectivity index (χ2v) is 11.4. The van der Waals surface area contributed by atoms with Crippen LogP contribution in [0.4, 0.5) is 23.5 Å². The van der Waals surface area contributed by atoms with E-state index < -0.39 is 6.10 Å². The first-order chi connectivity index (χ1) is 20.3. The molecule has 0 aromatic carbocycles. The monoisotopic (exact) mass is 572 g/mol. The Balaban J connectivity index is 1.13. The van der Waals surface area contributed by atoms with E-state index in [-0.39, 0.29) is 12.1 Å². The quantitative estimate of drug-likeness (QED) is 0.173. The summed E-state index contributed by atoms with van der Waals surface area (Å²) < 4.78 is 0. The Bertz CT molecular complexity index is 1610. The highest BCUT2D eigenvalue weighted by Crippen LogP contribution is 2.27. The van der Waals surface area contributed by atoms with Crippen molar-refractivity contribution in [3.8, 4) is 0 Å². The molecule has 13 heteroatoms. The summed E-state index contributed by atoms with van der Waals surface area (Å²) in [5.41, 5.74) is 5.51. The Labute approximate surface area is 245 Å². The third-order valence-electron chi connectivity index (χ3n) is 8.17. The molecule has 42 heavy (non-hydrogen) atoms. The Kier molecular flexibility index (Phi) is 7.88. The fourth-order valence-electron chi connectivity index (χ4n) is 6.07. The molecule has 0 amide bonds. The van der Waals surface area contributed by atoms with Crippen molar-refractivity contribution in [2.45, 2.75) is 51.8 Å². The molecule has 4 aromatic heterocycles. The summed E-state index contributed by atoms with van der Waals surface area (Å²) in [6.07, 6.45) is 1.34. The van der Waals surface area contributed by atoms with E-state index in [4.69, 9.17) is 19.9 Å². The summed E-state index contributed by atoms with van der Waals surface area (Å²) in [7, 11) is 3.73. The summed E-state index contributed by atoms with van der Waals surface area (Å²) in [5, 5.41) is 28.5. The lowest BCUT2D eigenvalue weighted by atomic mass is 10.1. The minimum Gasteiger partial charge on any atom is -0.390 e. The number of aliphatic hydroxyl groups excluding tert-OH is 1. The molecule has 0 bridgehead atoms. The SMILES string of the molecule is CNc1nc(NC2CCN(CCc3cc(C)c4c(NC)nc(NC5CNCC5O)nc4n3)C2)nc2nc(C)cc(C)c12. The lowest BCUT2D eigenvalue weighted by Crippen LogP contribution is -2.32. The van der Waals surface area contributed by atoms with E-state index in [1.54, 1.807) is 0 Å². The Morgan fingerprint density at radius 2 is 1.52 bits per heavy atom. The first-order valence-electron chi connectivity index (χ1n) is 14.6. The number of aromatic nitrogens is 6. The molecule has 6 rings (SSSR count). The number of nitrogens with zero attached hydrogens (tertiary/aromatic N) is 7. The zero-order valence-electron chi connectivity index (χ0n) is 24.9. The summed E-state index contributed by atoms with van der Waals surface area (Å²) in [6, 6.07) is 4.31. The van der Waals surface area contributed by atoms with Crippen molar-refractivity contribution in [1.82, 2.24) is 40.1 Å². The average molecular weight is 573 g/mol. The second kappa shape index (κ2) is 11.7. The van der Waals surface area contributed by atoms with Crippen molar-refractivity contribution in [2.75, 3.05) is 68.1 Å². The van der Waals surface area contributed by atoms with E-state index in [9.17, 15) is 5.11 Å². The summed E-state index contributed by atoms with van der Waals surface area (Å²) in [4.78, 5) is 30.9. The van der Waals surface area contributed by atoms with E-state index in [1.165, 1.54) is 0 Å². The van der Waals surface area contributed by atoms with Crippen LogP contribution in [0.15, 0.2) is 12.1 Å². The lowest BCUT2D eigenvalue weighted by Gasteiger charge is -2.18. The highest BCUT2D eigenvalue weighted by atomic mass is 16.3. The molecule has 6 N–H and O–H groups in total. The molecule has 0 saturated carbocycles. The lowest BCUT2D eigenvalue weighted by molar-refractivity contribution is 0.185. The molecule has 4 aromatic rings. The van der Waals surface area contributed by atoms with Crippen LogP contribution in [0.2, 0.25) is 0 Å². The maximum atomic E-state index is 10.2. The molecular weight excluding hydrogens is 532 g/mol. The van der Waals surface area contributed by atoms with Crippen LogP contribution in [0.3, 0.4) is 0 Å². The molecule has 3 unspecified atom stereocenters. The predicted octanol–water partition coefficient (Wildman–Crippen LogP) is 1.85. The van der Waals surface area contributed by atoms with Gasteiger partial charge in [0.15, 0.2) is 11.3 Å². The van der Waals surface area contributed by atoms with Gasteiger partial charge in [0.1, 0.15) is 11.6 Å². The normalized spacial score (nSPS) is 20.9. The maximum absolute atomic E-state index is 10.2. The van der Waals surface area contributed by atoms with Crippen LogP contribution in [-0.4, -0.2) is 105 Å². The van der Waals surface area contributed by atoms with Gasteiger partial charge in [-0.05, 0) is 50.5 Å². The molecule has 2 fully saturated rings. The Morgan fingerprint density at radius 3 is 2.19 bits per heavy atom. The number of hydrogen-bond donors (Lipinski definition) is 6. The number of aryl methyl sites for hydroxylation is 3. The average Bonchev–Trinajstić information content (AvgIpc) is 3.58. The molecule has 0 aliphatic carbocycles. The Morgan fingerprint density at radius 1 is 0.857 bits per heavy atom. The van der Waals surface area contributed by atoms with Gasteiger partial charge in [0, 0.05) is 70.7 Å². The van der Waals surface area contributed by atoms with Gasteiger partial charge in [-0.1, -0.05) is 0 Å². The number of pyridine rings is 2. The van der Waals surface area contributed by atoms with Gasteiger partial charge in [-0.2, -0.15) is 19.9 Å². The van der Waals surface area contributed by atoms with E-state index in [1.807, 2.05) is 21.0 Å². The molecule has 6 heterocycles. The number of nitrogens with one attached hydrogen (secondary N) is 5. The van der Waals surface area contributed by atoms with Gasteiger partial charge >= 0.3 is 0 Å². The molecule has 0 spiro atoms. The van der Waals surface area contributed by atoms with Gasteiger partial charge in [-0.15, -0.1) is 0 Å². The zero-order chi connectivity index (χ0) is 29.4. The van der Waals surface area contributed by atoms with Crippen molar-refractivity contribution in [3.05, 3.63) is 34.6 Å². The molecule has 2 aliphatic heterocycles. The van der Waals surface area contributed by atoms with Gasteiger partial charge in [-0.3, -0.25) is 0 Å². The van der Waals surface area contributed by atoms with E-state index >= 15 is 0 Å². The third kappa shape index (κ3) is 5.72. The molecule has 0 radical (unpaired) electrons. The number of anilines is 4. The Hall–Kier alpha value is -3.94. The van der Waals surface area contributed by atoms with E-state index in [2.05, 4.69) is 67.4 Å². The summed E-state index contributed by atoms with van der Waals surface area (Å²) in [5.74, 6) is 2.59. The van der Waals surface area contributed by atoms with Crippen molar-refractivity contribution in [3.63, 3.8) is 0 Å². The molecule has 3 atom stereocenters. The van der Waals surface area contributed by atoms with Crippen LogP contribution in [-0.2, 0) is 6.42 Å².